The number of carbonyl (C=O) groups excluding carboxylic acids is 1. The van der Waals surface area contributed by atoms with Crippen LogP contribution in [0.4, 0.5) is 14.6 Å². The lowest BCUT2D eigenvalue weighted by Crippen LogP contribution is -2.56. The van der Waals surface area contributed by atoms with Crippen molar-refractivity contribution in [3.8, 4) is 0 Å². The van der Waals surface area contributed by atoms with Gasteiger partial charge >= 0.3 is 0 Å². The zero-order chi connectivity index (χ0) is 18.3. The highest BCUT2D eigenvalue weighted by molar-refractivity contribution is 7.18. The van der Waals surface area contributed by atoms with Crippen LogP contribution in [0.25, 0.3) is 10.2 Å². The molecule has 1 N–H and O–H groups in total. The van der Waals surface area contributed by atoms with Gasteiger partial charge < -0.3 is 15.1 Å². The number of fused-ring (bicyclic) bond motifs is 1. The number of alkyl halides is 2. The summed E-state index contributed by atoms with van der Waals surface area (Å²) in [4.78, 5) is 27.1. The van der Waals surface area contributed by atoms with Gasteiger partial charge in [0.1, 0.15) is 22.9 Å². The molecule has 0 aliphatic carbocycles. The Kier molecular flexibility index (Phi) is 4.52. The van der Waals surface area contributed by atoms with Crippen LogP contribution in [-0.4, -0.2) is 66.0 Å². The molecule has 1 unspecified atom stereocenters. The van der Waals surface area contributed by atoms with Gasteiger partial charge in [-0.1, -0.05) is 0 Å². The summed E-state index contributed by atoms with van der Waals surface area (Å²) in [6, 6.07) is 2.07. The first-order chi connectivity index (χ1) is 12.5. The highest BCUT2D eigenvalue weighted by Crippen LogP contribution is 2.33. The third-order valence-electron chi connectivity index (χ3n) is 5.10. The van der Waals surface area contributed by atoms with Crippen LogP contribution in [0.3, 0.4) is 0 Å². The lowest BCUT2D eigenvalue weighted by atomic mass is 9.92. The maximum atomic E-state index is 14.1. The zero-order valence-corrected chi connectivity index (χ0v) is 15.4. The third kappa shape index (κ3) is 3.14. The smallest absolute Gasteiger partial charge is 0.271 e. The van der Waals surface area contributed by atoms with Crippen LogP contribution in [0.2, 0.25) is 0 Å². The summed E-state index contributed by atoms with van der Waals surface area (Å²) in [6.07, 6.45) is 1.74. The highest BCUT2D eigenvalue weighted by atomic mass is 32.1. The summed E-state index contributed by atoms with van der Waals surface area (Å²) in [5.41, 5.74) is 0. The molecule has 2 saturated heterocycles. The van der Waals surface area contributed by atoms with Crippen molar-refractivity contribution in [3.63, 3.8) is 0 Å². The average Bonchev–Trinajstić information content (AvgIpc) is 3.01. The number of anilines is 1. The Bertz CT molecular complexity index is 819. The van der Waals surface area contributed by atoms with Crippen LogP contribution >= 0.6 is 11.3 Å². The molecular weight excluding hydrogens is 360 g/mol. The van der Waals surface area contributed by atoms with Crippen LogP contribution in [0, 0.1) is 12.8 Å². The van der Waals surface area contributed by atoms with E-state index < -0.39 is 24.3 Å². The first kappa shape index (κ1) is 17.5. The number of halogens is 2. The highest BCUT2D eigenvalue weighted by Gasteiger charge is 2.47. The van der Waals surface area contributed by atoms with E-state index in [-0.39, 0.29) is 6.42 Å². The topological polar surface area (TPSA) is 61.4 Å². The third-order valence-corrected chi connectivity index (χ3v) is 6.06. The standard InChI is InChI=1S/C17H21F2N5OS/c1-11-8-12-14(21-10-22-15(12)26-11)23-4-6-24(7-5-23)16(25)13-2-3-20-9-17(13,18)19/h8,10,13,20H,2-7,9H2,1H3. The summed E-state index contributed by atoms with van der Waals surface area (Å²) >= 11 is 1.62. The first-order valence-electron chi connectivity index (χ1n) is 8.79. The molecule has 0 bridgehead atoms. The fourth-order valence-electron chi connectivity index (χ4n) is 3.71. The first-order valence-corrected chi connectivity index (χ1v) is 9.61. The maximum absolute atomic E-state index is 14.1. The largest absolute Gasteiger partial charge is 0.352 e. The molecule has 0 spiro atoms. The molecule has 1 amide bonds. The van der Waals surface area contributed by atoms with Crippen molar-refractivity contribution in [1.82, 2.24) is 20.2 Å². The van der Waals surface area contributed by atoms with Crippen LogP contribution in [0.5, 0.6) is 0 Å². The summed E-state index contributed by atoms with van der Waals surface area (Å²) in [6.45, 7) is 4.13. The second-order valence-corrected chi connectivity index (χ2v) is 8.10. The number of hydrogen-bond acceptors (Lipinski definition) is 6. The molecule has 4 heterocycles. The van der Waals surface area contributed by atoms with Gasteiger partial charge in [0.2, 0.25) is 5.91 Å². The summed E-state index contributed by atoms with van der Waals surface area (Å²) in [5, 5.41) is 3.68. The SMILES string of the molecule is Cc1cc2c(N3CCN(C(=O)C4CCNCC4(F)F)CC3)ncnc2s1. The number of aromatic nitrogens is 2. The molecule has 9 heteroatoms. The van der Waals surface area contributed by atoms with E-state index in [9.17, 15) is 13.6 Å². The normalized spacial score (nSPS) is 23.4. The number of nitrogens with one attached hydrogen (secondary N) is 1. The van der Waals surface area contributed by atoms with Gasteiger partial charge in [-0.25, -0.2) is 18.7 Å². The minimum absolute atomic E-state index is 0.187. The quantitative estimate of drug-likeness (QED) is 0.861. The molecule has 4 rings (SSSR count). The summed E-state index contributed by atoms with van der Waals surface area (Å²) in [7, 11) is 0. The van der Waals surface area contributed by atoms with Crippen molar-refractivity contribution >= 4 is 33.3 Å². The molecule has 6 nitrogen and oxygen atoms in total. The van der Waals surface area contributed by atoms with E-state index in [0.29, 0.717) is 32.7 Å². The Labute approximate surface area is 154 Å². The van der Waals surface area contributed by atoms with Crippen molar-refractivity contribution in [1.29, 1.82) is 0 Å². The van der Waals surface area contributed by atoms with E-state index in [1.807, 2.05) is 6.92 Å². The van der Waals surface area contributed by atoms with Gasteiger partial charge in [-0.15, -0.1) is 11.3 Å². The van der Waals surface area contributed by atoms with E-state index in [1.54, 1.807) is 22.6 Å². The van der Waals surface area contributed by atoms with E-state index in [4.69, 9.17) is 0 Å². The fourth-order valence-corrected chi connectivity index (χ4v) is 4.56. The number of thiophene rings is 1. The molecule has 2 aliphatic heterocycles. The van der Waals surface area contributed by atoms with Gasteiger partial charge in [0.05, 0.1) is 11.9 Å². The lowest BCUT2D eigenvalue weighted by Gasteiger charge is -2.39. The van der Waals surface area contributed by atoms with Gasteiger partial charge in [-0.05, 0) is 26.0 Å². The van der Waals surface area contributed by atoms with Gasteiger partial charge in [0, 0.05) is 31.1 Å². The minimum atomic E-state index is -2.97. The predicted molar refractivity (Wildman–Crippen MR) is 96.9 cm³/mol. The molecule has 26 heavy (non-hydrogen) atoms. The number of hydrogen-bond donors (Lipinski definition) is 1. The number of nitrogens with zero attached hydrogens (tertiary/aromatic N) is 4. The van der Waals surface area contributed by atoms with Crippen molar-refractivity contribution in [2.24, 2.45) is 5.92 Å². The van der Waals surface area contributed by atoms with Crippen molar-refractivity contribution in [2.75, 3.05) is 44.2 Å². The number of carbonyl (C=O) groups is 1. The van der Waals surface area contributed by atoms with Gasteiger partial charge in [0.25, 0.3) is 5.92 Å². The predicted octanol–water partition coefficient (Wildman–Crippen LogP) is 1.89. The van der Waals surface area contributed by atoms with Crippen LogP contribution in [-0.2, 0) is 4.79 Å². The Morgan fingerprint density at radius 3 is 2.81 bits per heavy atom. The Hall–Kier alpha value is -1.87. The lowest BCUT2D eigenvalue weighted by molar-refractivity contribution is -0.153. The summed E-state index contributed by atoms with van der Waals surface area (Å²) < 4.78 is 28.1. The number of rotatable bonds is 2. The molecule has 140 valence electrons. The van der Waals surface area contributed by atoms with Crippen LogP contribution in [0.15, 0.2) is 12.4 Å². The van der Waals surface area contributed by atoms with E-state index in [0.717, 1.165) is 16.0 Å². The van der Waals surface area contributed by atoms with Crippen LogP contribution < -0.4 is 10.2 Å². The van der Waals surface area contributed by atoms with Gasteiger partial charge in [0.15, 0.2) is 0 Å². The number of piperidine rings is 1. The molecule has 2 fully saturated rings. The minimum Gasteiger partial charge on any atom is -0.352 e. The number of piperazine rings is 1. The molecule has 2 aromatic rings. The monoisotopic (exact) mass is 381 g/mol. The molecule has 2 aliphatic rings. The Balaban J connectivity index is 1.46. The molecule has 0 saturated carbocycles. The summed E-state index contributed by atoms with van der Waals surface area (Å²) in [5.74, 6) is -3.74. The molecule has 0 aromatic carbocycles. The van der Waals surface area contributed by atoms with Crippen molar-refractivity contribution in [2.45, 2.75) is 19.3 Å². The Morgan fingerprint density at radius 2 is 2.08 bits per heavy atom. The average molecular weight is 381 g/mol. The molecular formula is C17H21F2N5OS. The van der Waals surface area contributed by atoms with E-state index in [1.165, 1.54) is 4.88 Å². The zero-order valence-electron chi connectivity index (χ0n) is 14.5. The van der Waals surface area contributed by atoms with Crippen LogP contribution in [0.1, 0.15) is 11.3 Å². The fraction of sp³-hybridized carbons (Fsp3) is 0.588. The number of aryl methyl sites for hydroxylation is 1. The number of amides is 1. The second kappa shape index (κ2) is 6.70. The molecule has 2 aromatic heterocycles. The van der Waals surface area contributed by atoms with Crippen molar-refractivity contribution in [3.05, 3.63) is 17.3 Å². The van der Waals surface area contributed by atoms with Gasteiger partial charge in [-0.2, -0.15) is 0 Å². The Morgan fingerprint density at radius 1 is 1.31 bits per heavy atom. The second-order valence-electron chi connectivity index (χ2n) is 6.86. The molecule has 1 atom stereocenters. The van der Waals surface area contributed by atoms with Crippen molar-refractivity contribution < 1.29 is 13.6 Å². The molecule has 0 radical (unpaired) electrons. The van der Waals surface area contributed by atoms with E-state index in [2.05, 4.69) is 26.3 Å². The van der Waals surface area contributed by atoms with Gasteiger partial charge in [-0.3, -0.25) is 4.79 Å². The van der Waals surface area contributed by atoms with E-state index >= 15 is 0 Å². The maximum Gasteiger partial charge on any atom is 0.271 e.